The van der Waals surface area contributed by atoms with Gasteiger partial charge in [-0.3, -0.25) is 0 Å². The highest BCUT2D eigenvalue weighted by atomic mass is 32.2. The van der Waals surface area contributed by atoms with Gasteiger partial charge < -0.3 is 10.5 Å². The predicted octanol–water partition coefficient (Wildman–Crippen LogP) is 1.84. The monoisotopic (exact) mass is 177 g/mol. The van der Waals surface area contributed by atoms with Gasteiger partial charge in [-0.05, 0) is 26.5 Å². The summed E-state index contributed by atoms with van der Waals surface area (Å²) >= 11 is 1.74. The van der Waals surface area contributed by atoms with Gasteiger partial charge in [-0.2, -0.15) is 0 Å². The third-order valence-electron chi connectivity index (χ3n) is 1.86. The molecule has 0 saturated heterocycles. The van der Waals surface area contributed by atoms with Gasteiger partial charge in [0.2, 0.25) is 0 Å². The topological polar surface area (TPSA) is 35.2 Å². The van der Waals surface area contributed by atoms with Crippen molar-refractivity contribution in [1.82, 2.24) is 0 Å². The standard InChI is InChI=1S/C8H19NOS/c1-5-8(3,11-4)10-7(2)6-9/h7H,5-6,9H2,1-4H3. The lowest BCUT2D eigenvalue weighted by molar-refractivity contribution is -0.0117. The van der Waals surface area contributed by atoms with Crippen LogP contribution in [0.2, 0.25) is 0 Å². The van der Waals surface area contributed by atoms with E-state index in [4.69, 9.17) is 10.5 Å². The Balaban J connectivity index is 3.86. The highest BCUT2D eigenvalue weighted by molar-refractivity contribution is 7.99. The molecular weight excluding hydrogens is 158 g/mol. The molecule has 0 aromatic carbocycles. The fourth-order valence-electron chi connectivity index (χ4n) is 0.749. The second kappa shape index (κ2) is 5.01. The second-order valence-electron chi connectivity index (χ2n) is 2.86. The van der Waals surface area contributed by atoms with Gasteiger partial charge in [0.15, 0.2) is 0 Å². The lowest BCUT2D eigenvalue weighted by atomic mass is 10.3. The van der Waals surface area contributed by atoms with Crippen molar-refractivity contribution < 1.29 is 4.74 Å². The first-order valence-electron chi connectivity index (χ1n) is 4.01. The Hall–Kier alpha value is 0.270. The summed E-state index contributed by atoms with van der Waals surface area (Å²) in [7, 11) is 0. The van der Waals surface area contributed by atoms with Gasteiger partial charge in [0.25, 0.3) is 0 Å². The molecule has 68 valence electrons. The average molecular weight is 177 g/mol. The number of rotatable bonds is 5. The Kier molecular flexibility index (Phi) is 5.13. The Bertz CT molecular complexity index is 104. The van der Waals surface area contributed by atoms with Crippen molar-refractivity contribution in [2.75, 3.05) is 12.8 Å². The fraction of sp³-hybridized carbons (Fsp3) is 1.00. The van der Waals surface area contributed by atoms with E-state index in [1.807, 2.05) is 6.92 Å². The van der Waals surface area contributed by atoms with Crippen LogP contribution in [-0.4, -0.2) is 23.8 Å². The minimum absolute atomic E-state index is 0.0568. The molecule has 0 radical (unpaired) electrons. The van der Waals surface area contributed by atoms with Crippen LogP contribution in [0.15, 0.2) is 0 Å². The number of ether oxygens (including phenoxy) is 1. The van der Waals surface area contributed by atoms with Crippen LogP contribution in [-0.2, 0) is 4.74 Å². The molecule has 0 aliphatic rings. The maximum Gasteiger partial charge on any atom is 0.110 e. The molecule has 0 saturated carbocycles. The maximum atomic E-state index is 5.72. The average Bonchev–Trinajstić information content (AvgIpc) is 2.04. The van der Waals surface area contributed by atoms with E-state index in [1.54, 1.807) is 11.8 Å². The number of thioether (sulfide) groups is 1. The third-order valence-corrected chi connectivity index (χ3v) is 3.10. The molecule has 0 aromatic rings. The molecular formula is C8H19NOS. The summed E-state index contributed by atoms with van der Waals surface area (Å²) in [5, 5.41) is 0. The van der Waals surface area contributed by atoms with Crippen molar-refractivity contribution in [3.8, 4) is 0 Å². The lowest BCUT2D eigenvalue weighted by Crippen LogP contribution is -2.32. The molecule has 0 rings (SSSR count). The Labute approximate surface area is 73.9 Å². The van der Waals surface area contributed by atoms with Crippen LogP contribution in [0, 0.1) is 0 Å². The molecule has 0 bridgehead atoms. The minimum atomic E-state index is -0.0568. The van der Waals surface area contributed by atoms with E-state index in [1.165, 1.54) is 0 Å². The molecule has 0 amide bonds. The van der Waals surface area contributed by atoms with E-state index >= 15 is 0 Å². The quantitative estimate of drug-likeness (QED) is 0.651. The highest BCUT2D eigenvalue weighted by Gasteiger charge is 2.23. The zero-order valence-corrected chi connectivity index (χ0v) is 8.70. The second-order valence-corrected chi connectivity index (χ2v) is 4.13. The number of hydrogen-bond acceptors (Lipinski definition) is 3. The fourth-order valence-corrected chi connectivity index (χ4v) is 1.30. The molecule has 3 heteroatoms. The van der Waals surface area contributed by atoms with Crippen molar-refractivity contribution in [3.63, 3.8) is 0 Å². The van der Waals surface area contributed by atoms with Crippen molar-refractivity contribution in [1.29, 1.82) is 0 Å². The SMILES string of the molecule is CCC(C)(OC(C)CN)SC. The van der Waals surface area contributed by atoms with Gasteiger partial charge in [0.1, 0.15) is 4.93 Å². The van der Waals surface area contributed by atoms with E-state index in [9.17, 15) is 0 Å². The largest absolute Gasteiger partial charge is 0.360 e. The van der Waals surface area contributed by atoms with Crippen LogP contribution in [0.1, 0.15) is 27.2 Å². The molecule has 0 aromatic heterocycles. The van der Waals surface area contributed by atoms with Crippen LogP contribution < -0.4 is 5.73 Å². The van der Waals surface area contributed by atoms with Gasteiger partial charge in [0.05, 0.1) is 6.10 Å². The van der Waals surface area contributed by atoms with E-state index in [0.717, 1.165) is 6.42 Å². The van der Waals surface area contributed by atoms with Crippen molar-refractivity contribution in [3.05, 3.63) is 0 Å². The van der Waals surface area contributed by atoms with Gasteiger partial charge in [-0.25, -0.2) is 0 Å². The van der Waals surface area contributed by atoms with Gasteiger partial charge in [-0.1, -0.05) is 6.92 Å². The summed E-state index contributed by atoms with van der Waals surface area (Å²) in [5.74, 6) is 0. The number of nitrogens with two attached hydrogens (primary N) is 1. The van der Waals surface area contributed by atoms with Gasteiger partial charge >= 0.3 is 0 Å². The molecule has 0 aliphatic carbocycles. The summed E-state index contributed by atoms with van der Waals surface area (Å²) in [4.78, 5) is -0.0568. The third kappa shape index (κ3) is 3.99. The molecule has 2 nitrogen and oxygen atoms in total. The molecule has 2 atom stereocenters. The van der Waals surface area contributed by atoms with Crippen molar-refractivity contribution in [2.45, 2.75) is 38.2 Å². The molecule has 0 spiro atoms. The van der Waals surface area contributed by atoms with Crippen molar-refractivity contribution >= 4 is 11.8 Å². The minimum Gasteiger partial charge on any atom is -0.360 e. The van der Waals surface area contributed by atoms with Crippen LogP contribution in [0.3, 0.4) is 0 Å². The molecule has 2 N–H and O–H groups in total. The first-order chi connectivity index (χ1) is 5.08. The first kappa shape index (κ1) is 11.3. The van der Waals surface area contributed by atoms with Crippen LogP contribution in [0.4, 0.5) is 0 Å². The summed E-state index contributed by atoms with van der Waals surface area (Å²) in [6.07, 6.45) is 3.23. The maximum absolute atomic E-state index is 5.72. The molecule has 0 fully saturated rings. The molecule has 0 heterocycles. The van der Waals surface area contributed by atoms with E-state index in [0.29, 0.717) is 6.54 Å². The zero-order valence-electron chi connectivity index (χ0n) is 7.89. The summed E-state index contributed by atoms with van der Waals surface area (Å²) in [6.45, 7) is 6.82. The molecule has 11 heavy (non-hydrogen) atoms. The van der Waals surface area contributed by atoms with E-state index < -0.39 is 0 Å². The normalized spacial score (nSPS) is 19.4. The van der Waals surface area contributed by atoms with E-state index in [2.05, 4.69) is 20.1 Å². The smallest absolute Gasteiger partial charge is 0.110 e. The Morgan fingerprint density at radius 2 is 2.18 bits per heavy atom. The Morgan fingerprint density at radius 3 is 2.45 bits per heavy atom. The molecule has 0 aliphatic heterocycles. The van der Waals surface area contributed by atoms with Gasteiger partial charge in [-0.15, -0.1) is 11.8 Å². The van der Waals surface area contributed by atoms with Crippen LogP contribution in [0.5, 0.6) is 0 Å². The number of hydrogen-bond donors (Lipinski definition) is 1. The summed E-state index contributed by atoms with van der Waals surface area (Å²) in [5.41, 5.74) is 5.45. The van der Waals surface area contributed by atoms with E-state index in [-0.39, 0.29) is 11.0 Å². The van der Waals surface area contributed by atoms with Crippen LogP contribution in [0.25, 0.3) is 0 Å². The van der Waals surface area contributed by atoms with Crippen molar-refractivity contribution in [2.24, 2.45) is 5.73 Å². The van der Waals surface area contributed by atoms with Gasteiger partial charge in [0, 0.05) is 6.54 Å². The zero-order chi connectivity index (χ0) is 8.91. The summed E-state index contributed by atoms with van der Waals surface area (Å²) < 4.78 is 5.72. The Morgan fingerprint density at radius 1 is 1.64 bits per heavy atom. The lowest BCUT2D eigenvalue weighted by Gasteiger charge is -2.29. The molecule has 2 unspecified atom stereocenters. The predicted molar refractivity (Wildman–Crippen MR) is 51.8 cm³/mol. The van der Waals surface area contributed by atoms with Crippen LogP contribution >= 0.6 is 11.8 Å². The first-order valence-corrected chi connectivity index (χ1v) is 5.23. The summed E-state index contributed by atoms with van der Waals surface area (Å²) in [6, 6.07) is 0. The highest BCUT2D eigenvalue weighted by Crippen LogP contribution is 2.28.